The van der Waals surface area contributed by atoms with Crippen LogP contribution in [0.15, 0.2) is 30.6 Å². The first-order chi connectivity index (χ1) is 7.70. The van der Waals surface area contributed by atoms with Crippen LogP contribution in [0.25, 0.3) is 10.4 Å². The molecule has 0 saturated carbocycles. The van der Waals surface area contributed by atoms with Crippen LogP contribution >= 0.6 is 11.3 Å². The highest BCUT2D eigenvalue weighted by atomic mass is 32.1. The van der Waals surface area contributed by atoms with Crippen molar-refractivity contribution in [1.29, 1.82) is 0 Å². The van der Waals surface area contributed by atoms with Crippen LogP contribution in [0.3, 0.4) is 0 Å². The van der Waals surface area contributed by atoms with E-state index in [1.807, 2.05) is 12.4 Å². The van der Waals surface area contributed by atoms with Crippen molar-refractivity contribution in [3.63, 3.8) is 0 Å². The average molecular weight is 232 g/mol. The molecule has 0 aliphatic carbocycles. The molecule has 3 heteroatoms. The maximum absolute atomic E-state index is 6.01. The van der Waals surface area contributed by atoms with Crippen molar-refractivity contribution in [3.8, 4) is 10.4 Å². The quantitative estimate of drug-likeness (QED) is 0.879. The van der Waals surface area contributed by atoms with Crippen molar-refractivity contribution < 1.29 is 0 Å². The van der Waals surface area contributed by atoms with Crippen molar-refractivity contribution in [3.05, 3.63) is 41.0 Å². The molecule has 0 aliphatic heterocycles. The van der Waals surface area contributed by atoms with Crippen LogP contribution in [0.5, 0.6) is 0 Å². The van der Waals surface area contributed by atoms with Gasteiger partial charge in [-0.15, -0.1) is 11.3 Å². The number of aromatic nitrogens is 1. The number of rotatable bonds is 3. The fourth-order valence-electron chi connectivity index (χ4n) is 1.60. The molecule has 0 radical (unpaired) electrons. The van der Waals surface area contributed by atoms with E-state index in [4.69, 9.17) is 5.73 Å². The number of aryl methyl sites for hydroxylation is 1. The summed E-state index contributed by atoms with van der Waals surface area (Å²) in [4.78, 5) is 6.70. The van der Waals surface area contributed by atoms with Gasteiger partial charge >= 0.3 is 0 Å². The number of thiophene rings is 1. The van der Waals surface area contributed by atoms with E-state index in [1.165, 1.54) is 20.9 Å². The summed E-state index contributed by atoms with van der Waals surface area (Å²) < 4.78 is 0. The largest absolute Gasteiger partial charge is 0.323 e. The molecule has 0 saturated heterocycles. The smallest absolute Gasteiger partial charge is 0.0387 e. The number of pyridine rings is 1. The molecule has 84 valence electrons. The molecule has 16 heavy (non-hydrogen) atoms. The third-order valence-corrected chi connectivity index (χ3v) is 3.86. The lowest BCUT2D eigenvalue weighted by atomic mass is 10.2. The maximum atomic E-state index is 6.01. The van der Waals surface area contributed by atoms with Crippen molar-refractivity contribution in [1.82, 2.24) is 4.98 Å². The Morgan fingerprint density at radius 2 is 2.19 bits per heavy atom. The van der Waals surface area contributed by atoms with Crippen molar-refractivity contribution in [2.24, 2.45) is 5.73 Å². The van der Waals surface area contributed by atoms with Crippen LogP contribution in [0, 0.1) is 6.92 Å². The van der Waals surface area contributed by atoms with Gasteiger partial charge in [0, 0.05) is 33.8 Å². The Hall–Kier alpha value is -1.19. The molecule has 0 spiro atoms. The Balaban J connectivity index is 2.31. The van der Waals surface area contributed by atoms with Crippen LogP contribution < -0.4 is 5.73 Å². The van der Waals surface area contributed by atoms with Gasteiger partial charge in [-0.25, -0.2) is 0 Å². The van der Waals surface area contributed by atoms with E-state index in [0.717, 1.165) is 6.42 Å². The Bertz CT molecular complexity index is 476. The topological polar surface area (TPSA) is 38.9 Å². The van der Waals surface area contributed by atoms with Gasteiger partial charge in [-0.2, -0.15) is 0 Å². The van der Waals surface area contributed by atoms with E-state index in [-0.39, 0.29) is 6.04 Å². The minimum absolute atomic E-state index is 0.163. The molecule has 2 aromatic rings. The van der Waals surface area contributed by atoms with Gasteiger partial charge in [0.1, 0.15) is 0 Å². The molecule has 2 nitrogen and oxygen atoms in total. The fourth-order valence-corrected chi connectivity index (χ4v) is 2.67. The first kappa shape index (κ1) is 11.3. The summed E-state index contributed by atoms with van der Waals surface area (Å²) in [6, 6.07) is 6.57. The lowest BCUT2D eigenvalue weighted by molar-refractivity contribution is 0.712. The number of hydrogen-bond donors (Lipinski definition) is 1. The lowest BCUT2D eigenvalue weighted by Crippen LogP contribution is -2.05. The summed E-state index contributed by atoms with van der Waals surface area (Å²) in [7, 11) is 0. The summed E-state index contributed by atoms with van der Waals surface area (Å²) in [5.41, 5.74) is 8.38. The Morgan fingerprint density at radius 3 is 2.88 bits per heavy atom. The average Bonchev–Trinajstić information content (AvgIpc) is 2.77. The molecule has 1 unspecified atom stereocenters. The van der Waals surface area contributed by atoms with Gasteiger partial charge in [-0.3, -0.25) is 4.98 Å². The van der Waals surface area contributed by atoms with Crippen molar-refractivity contribution in [2.75, 3.05) is 0 Å². The molecule has 0 bridgehead atoms. The second-order valence-corrected chi connectivity index (χ2v) is 5.08. The Morgan fingerprint density at radius 1 is 1.38 bits per heavy atom. The standard InChI is InChI=1S/C13H16N2S/c1-3-11(14)13-5-4-12(16-13)10-6-9(2)7-15-8-10/h4-8,11H,3,14H2,1-2H3. The Kier molecular flexibility index (Phi) is 3.36. The number of nitrogens with zero attached hydrogens (tertiary/aromatic N) is 1. The molecule has 0 aliphatic rings. The molecule has 0 fully saturated rings. The van der Waals surface area contributed by atoms with E-state index in [1.54, 1.807) is 11.3 Å². The van der Waals surface area contributed by atoms with Crippen LogP contribution in [-0.2, 0) is 0 Å². The lowest BCUT2D eigenvalue weighted by Gasteiger charge is -2.04. The van der Waals surface area contributed by atoms with E-state index in [2.05, 4.69) is 37.0 Å². The predicted octanol–water partition coefficient (Wildman–Crippen LogP) is 3.53. The Labute approximate surface area is 100 Å². The maximum Gasteiger partial charge on any atom is 0.0387 e. The molecular weight excluding hydrogens is 216 g/mol. The highest BCUT2D eigenvalue weighted by Gasteiger charge is 2.08. The zero-order chi connectivity index (χ0) is 11.5. The number of hydrogen-bond acceptors (Lipinski definition) is 3. The van der Waals surface area contributed by atoms with Gasteiger partial charge in [0.2, 0.25) is 0 Å². The van der Waals surface area contributed by atoms with E-state index in [0.29, 0.717) is 0 Å². The molecule has 2 rings (SSSR count). The molecular formula is C13H16N2S. The first-order valence-corrected chi connectivity index (χ1v) is 6.29. The summed E-state index contributed by atoms with van der Waals surface area (Å²) in [5, 5.41) is 0. The van der Waals surface area contributed by atoms with E-state index < -0.39 is 0 Å². The molecule has 2 aromatic heterocycles. The summed E-state index contributed by atoms with van der Waals surface area (Å²) in [6.07, 6.45) is 4.75. The fraction of sp³-hybridized carbons (Fsp3) is 0.308. The molecule has 2 N–H and O–H groups in total. The first-order valence-electron chi connectivity index (χ1n) is 5.48. The SMILES string of the molecule is CCC(N)c1ccc(-c2cncc(C)c2)s1. The number of nitrogens with two attached hydrogens (primary N) is 1. The van der Waals surface area contributed by atoms with E-state index >= 15 is 0 Å². The minimum atomic E-state index is 0.163. The molecule has 0 amide bonds. The van der Waals surface area contributed by atoms with Gasteiger partial charge in [-0.1, -0.05) is 6.92 Å². The molecule has 2 heterocycles. The van der Waals surface area contributed by atoms with E-state index in [9.17, 15) is 0 Å². The zero-order valence-electron chi connectivity index (χ0n) is 9.60. The van der Waals surface area contributed by atoms with Gasteiger partial charge in [0.05, 0.1) is 0 Å². The van der Waals surface area contributed by atoms with Crippen LogP contribution in [0.2, 0.25) is 0 Å². The van der Waals surface area contributed by atoms with Crippen molar-refractivity contribution in [2.45, 2.75) is 26.3 Å². The summed E-state index contributed by atoms with van der Waals surface area (Å²) >= 11 is 1.76. The monoisotopic (exact) mass is 232 g/mol. The molecule has 0 aromatic carbocycles. The van der Waals surface area contributed by atoms with Crippen LogP contribution in [0.4, 0.5) is 0 Å². The minimum Gasteiger partial charge on any atom is -0.323 e. The second kappa shape index (κ2) is 4.76. The highest BCUT2D eigenvalue weighted by Crippen LogP contribution is 2.31. The third-order valence-electron chi connectivity index (χ3n) is 2.59. The highest BCUT2D eigenvalue weighted by molar-refractivity contribution is 7.15. The second-order valence-electron chi connectivity index (χ2n) is 3.97. The van der Waals surface area contributed by atoms with Crippen LogP contribution in [0.1, 0.15) is 29.8 Å². The summed E-state index contributed by atoms with van der Waals surface area (Å²) in [5.74, 6) is 0. The van der Waals surface area contributed by atoms with Gasteiger partial charge in [0.15, 0.2) is 0 Å². The zero-order valence-corrected chi connectivity index (χ0v) is 10.4. The van der Waals surface area contributed by atoms with Crippen molar-refractivity contribution >= 4 is 11.3 Å². The summed E-state index contributed by atoms with van der Waals surface area (Å²) in [6.45, 7) is 4.17. The molecule has 1 atom stereocenters. The van der Waals surface area contributed by atoms with Gasteiger partial charge < -0.3 is 5.73 Å². The van der Waals surface area contributed by atoms with Gasteiger partial charge in [-0.05, 0) is 37.1 Å². The normalized spacial score (nSPS) is 12.7. The van der Waals surface area contributed by atoms with Crippen LogP contribution in [-0.4, -0.2) is 4.98 Å². The third kappa shape index (κ3) is 2.31. The predicted molar refractivity (Wildman–Crippen MR) is 69.5 cm³/mol. The van der Waals surface area contributed by atoms with Gasteiger partial charge in [0.25, 0.3) is 0 Å².